The highest BCUT2D eigenvalue weighted by atomic mass is 33.5. The summed E-state index contributed by atoms with van der Waals surface area (Å²) in [5, 5.41) is 0. The van der Waals surface area contributed by atoms with Gasteiger partial charge in [-0.2, -0.15) is 0 Å². The Kier molecular flexibility index (Phi) is 2.78. The van der Waals surface area contributed by atoms with Crippen LogP contribution in [0.3, 0.4) is 0 Å². The Morgan fingerprint density at radius 2 is 1.64 bits per heavy atom. The molecule has 0 atom stereocenters. The molecule has 0 fully saturated rings. The average molecular weight is 208 g/mol. The fraction of sp³-hybridized carbons (Fsp3) is 0.143. The topological polar surface area (TPSA) is 0 Å². The van der Waals surface area contributed by atoms with Gasteiger partial charge in [-0.15, -0.1) is 31.4 Å². The maximum Gasteiger partial charge on any atom is 0.123 e. The Morgan fingerprint density at radius 1 is 1.18 bits per heavy atom. The molecule has 0 aromatic heterocycles. The molecule has 0 saturated heterocycles. The van der Waals surface area contributed by atoms with Crippen molar-refractivity contribution in [3.05, 3.63) is 30.1 Å². The van der Waals surface area contributed by atoms with E-state index in [4.69, 9.17) is 0 Å². The third-order valence-electron chi connectivity index (χ3n) is 1.26. The molecule has 11 heavy (non-hydrogen) atoms. The number of thiol groups is 2. The van der Waals surface area contributed by atoms with E-state index >= 15 is 0 Å². The maximum atomic E-state index is 12.4. The van der Waals surface area contributed by atoms with Crippen LogP contribution in [0.15, 0.2) is 29.2 Å². The van der Waals surface area contributed by atoms with E-state index in [2.05, 4.69) is 23.3 Å². The van der Waals surface area contributed by atoms with Crippen LogP contribution in [0.2, 0.25) is 0 Å². The molecular formula is C7H9FS3. The fourth-order valence-corrected chi connectivity index (χ4v) is 2.07. The van der Waals surface area contributed by atoms with E-state index in [1.165, 1.54) is 12.1 Å². The molecule has 0 aliphatic rings. The fourth-order valence-electron chi connectivity index (χ4n) is 0.692. The highest BCUT2D eigenvalue weighted by Gasteiger charge is 2.08. The van der Waals surface area contributed by atoms with Crippen molar-refractivity contribution in [2.75, 3.05) is 6.26 Å². The van der Waals surface area contributed by atoms with Crippen molar-refractivity contribution in [1.82, 2.24) is 0 Å². The maximum absolute atomic E-state index is 12.4. The number of hydrogen-bond acceptors (Lipinski definition) is 2. The van der Waals surface area contributed by atoms with E-state index in [0.717, 1.165) is 4.90 Å². The van der Waals surface area contributed by atoms with E-state index in [0.29, 0.717) is 0 Å². The first-order chi connectivity index (χ1) is 5.00. The quantitative estimate of drug-likeness (QED) is 0.513. The van der Waals surface area contributed by atoms with Gasteiger partial charge < -0.3 is 0 Å². The van der Waals surface area contributed by atoms with Gasteiger partial charge in [0.1, 0.15) is 5.82 Å². The minimum atomic E-state index is -1.30. The van der Waals surface area contributed by atoms with Gasteiger partial charge in [0.15, 0.2) is 0 Å². The summed E-state index contributed by atoms with van der Waals surface area (Å²) in [4.78, 5) is 0.977. The minimum absolute atomic E-state index is 0.223. The second-order valence-corrected chi connectivity index (χ2v) is 9.67. The molecule has 1 rings (SSSR count). The van der Waals surface area contributed by atoms with Crippen LogP contribution in [0.5, 0.6) is 0 Å². The SMILES string of the molecule is CS(S)(S)c1ccc(F)cc1. The van der Waals surface area contributed by atoms with Crippen LogP contribution in [0.25, 0.3) is 0 Å². The van der Waals surface area contributed by atoms with Gasteiger partial charge in [0.25, 0.3) is 0 Å². The largest absolute Gasteiger partial charge is 0.207 e. The highest BCUT2D eigenvalue weighted by molar-refractivity contribution is 9.17. The third-order valence-corrected chi connectivity index (χ3v) is 3.69. The standard InChI is InChI=1S/C7H9FS3/c1-11(9,10)7-4-2-6(8)3-5-7/h2-5,9-10H,1H3. The van der Waals surface area contributed by atoms with Gasteiger partial charge in [0, 0.05) is 4.90 Å². The number of halogens is 1. The highest BCUT2D eigenvalue weighted by Crippen LogP contribution is 2.60. The summed E-state index contributed by atoms with van der Waals surface area (Å²) < 4.78 is 12.4. The van der Waals surface area contributed by atoms with E-state index in [-0.39, 0.29) is 5.82 Å². The molecule has 0 amide bonds. The Bertz CT molecular complexity index is 237. The van der Waals surface area contributed by atoms with Crippen LogP contribution in [-0.4, -0.2) is 6.26 Å². The predicted molar refractivity (Wildman–Crippen MR) is 56.2 cm³/mol. The van der Waals surface area contributed by atoms with Gasteiger partial charge >= 0.3 is 0 Å². The molecule has 0 nitrogen and oxygen atoms in total. The van der Waals surface area contributed by atoms with Crippen molar-refractivity contribution >= 4 is 31.4 Å². The molecule has 0 aliphatic carbocycles. The normalized spacial score (nSPS) is 13.1. The van der Waals surface area contributed by atoms with E-state index < -0.39 is 8.09 Å². The predicted octanol–water partition coefficient (Wildman–Crippen LogP) is 3.31. The Morgan fingerprint density at radius 3 is 2.00 bits per heavy atom. The lowest BCUT2D eigenvalue weighted by molar-refractivity contribution is 0.626. The molecule has 62 valence electrons. The Balaban J connectivity index is 2.99. The zero-order valence-corrected chi connectivity index (χ0v) is 8.60. The van der Waals surface area contributed by atoms with E-state index in [9.17, 15) is 4.39 Å². The third kappa shape index (κ3) is 2.61. The van der Waals surface area contributed by atoms with Crippen molar-refractivity contribution in [2.24, 2.45) is 0 Å². The Labute approximate surface area is 77.1 Å². The summed E-state index contributed by atoms with van der Waals surface area (Å²) in [6.07, 6.45) is 1.92. The molecule has 0 radical (unpaired) electrons. The van der Waals surface area contributed by atoms with Crippen molar-refractivity contribution < 1.29 is 4.39 Å². The number of benzene rings is 1. The van der Waals surface area contributed by atoms with Crippen LogP contribution in [0, 0.1) is 5.82 Å². The molecule has 1 aromatic rings. The van der Waals surface area contributed by atoms with Crippen molar-refractivity contribution in [3.63, 3.8) is 0 Å². The smallest absolute Gasteiger partial charge is 0.123 e. The van der Waals surface area contributed by atoms with Gasteiger partial charge in [-0.25, -0.2) is 4.39 Å². The summed E-state index contributed by atoms with van der Waals surface area (Å²) >= 11 is 8.61. The summed E-state index contributed by atoms with van der Waals surface area (Å²) in [7, 11) is -1.30. The van der Waals surface area contributed by atoms with Gasteiger partial charge in [-0.05, 0) is 30.5 Å². The summed E-state index contributed by atoms with van der Waals surface area (Å²) in [5.74, 6) is -0.223. The van der Waals surface area contributed by atoms with Gasteiger partial charge in [0.2, 0.25) is 0 Å². The van der Waals surface area contributed by atoms with Gasteiger partial charge in [-0.3, -0.25) is 0 Å². The van der Waals surface area contributed by atoms with Gasteiger partial charge in [0.05, 0.1) is 0 Å². The molecule has 0 aliphatic heterocycles. The van der Waals surface area contributed by atoms with E-state index in [1.54, 1.807) is 12.1 Å². The first-order valence-corrected chi connectivity index (χ1v) is 7.13. The summed E-state index contributed by atoms with van der Waals surface area (Å²) in [5.41, 5.74) is 0. The van der Waals surface area contributed by atoms with Crippen molar-refractivity contribution in [2.45, 2.75) is 4.90 Å². The molecule has 0 bridgehead atoms. The first-order valence-electron chi connectivity index (χ1n) is 2.99. The van der Waals surface area contributed by atoms with Gasteiger partial charge in [-0.1, -0.05) is 0 Å². The van der Waals surface area contributed by atoms with Crippen molar-refractivity contribution in [3.8, 4) is 0 Å². The number of hydrogen-bond donors (Lipinski definition) is 2. The zero-order chi connectivity index (χ0) is 8.48. The Hall–Kier alpha value is 0.200. The molecule has 4 heteroatoms. The molecule has 1 aromatic carbocycles. The van der Waals surface area contributed by atoms with Crippen LogP contribution in [-0.2, 0) is 0 Å². The molecule has 0 unspecified atom stereocenters. The summed E-state index contributed by atoms with van der Waals surface area (Å²) in [6.45, 7) is 0. The van der Waals surface area contributed by atoms with Crippen LogP contribution in [0.4, 0.5) is 4.39 Å². The molecule has 0 saturated carbocycles. The lowest BCUT2D eigenvalue weighted by Crippen LogP contribution is -1.81. The minimum Gasteiger partial charge on any atom is -0.207 e. The van der Waals surface area contributed by atoms with Crippen molar-refractivity contribution in [1.29, 1.82) is 0 Å². The second kappa shape index (κ2) is 3.29. The zero-order valence-electron chi connectivity index (χ0n) is 5.99. The molecule has 0 N–H and O–H groups in total. The van der Waals surface area contributed by atoms with Crippen LogP contribution < -0.4 is 0 Å². The van der Waals surface area contributed by atoms with Crippen LogP contribution >= 0.6 is 31.4 Å². The molecule has 0 spiro atoms. The lowest BCUT2D eigenvalue weighted by atomic mass is 10.4. The average Bonchev–Trinajstić information content (AvgIpc) is 1.86. The first kappa shape index (κ1) is 9.29. The second-order valence-electron chi connectivity index (χ2n) is 2.29. The number of rotatable bonds is 1. The van der Waals surface area contributed by atoms with E-state index in [1.807, 2.05) is 6.26 Å². The molecular weight excluding hydrogens is 199 g/mol. The summed E-state index contributed by atoms with van der Waals surface area (Å²) in [6, 6.07) is 6.27. The van der Waals surface area contributed by atoms with Crippen LogP contribution in [0.1, 0.15) is 0 Å². The molecule has 0 heterocycles. The lowest BCUT2D eigenvalue weighted by Gasteiger charge is -2.22. The monoisotopic (exact) mass is 208 g/mol.